The Balaban J connectivity index is 1.74. The third kappa shape index (κ3) is 3.74. The van der Waals surface area contributed by atoms with Gasteiger partial charge in [0.15, 0.2) is 0 Å². The van der Waals surface area contributed by atoms with Crippen LogP contribution in [0.1, 0.15) is 5.56 Å². The zero-order chi connectivity index (χ0) is 18.7. The number of aromatic nitrogens is 2. The molecule has 26 heavy (non-hydrogen) atoms. The molecule has 0 saturated carbocycles. The molecule has 1 amide bonds. The molecule has 0 aliphatic rings. The second-order valence-corrected chi connectivity index (χ2v) is 6.49. The second-order valence-electron chi connectivity index (χ2n) is 6.49. The summed E-state index contributed by atoms with van der Waals surface area (Å²) in [5.41, 5.74) is 2.70. The van der Waals surface area contributed by atoms with Crippen LogP contribution in [-0.2, 0) is 17.9 Å². The Bertz CT molecular complexity index is 977. The van der Waals surface area contributed by atoms with Gasteiger partial charge in [0.1, 0.15) is 6.54 Å². The third-order valence-electron chi connectivity index (χ3n) is 4.35. The van der Waals surface area contributed by atoms with Crippen molar-refractivity contribution >= 4 is 22.5 Å². The molecule has 3 aromatic rings. The minimum Gasteiger partial charge on any atom is -0.378 e. The number of amides is 1. The number of carbonyl (C=O) groups is 1. The van der Waals surface area contributed by atoms with Crippen molar-refractivity contribution in [3.63, 3.8) is 0 Å². The van der Waals surface area contributed by atoms with E-state index in [1.807, 2.05) is 49.3 Å². The Morgan fingerprint density at radius 2 is 1.73 bits per heavy atom. The molecule has 0 fully saturated rings. The average Bonchev–Trinajstić information content (AvgIpc) is 2.64. The lowest BCUT2D eigenvalue weighted by molar-refractivity contribution is -0.131. The van der Waals surface area contributed by atoms with Crippen molar-refractivity contribution in [1.82, 2.24) is 14.7 Å². The minimum atomic E-state index is -0.140. The Hall–Kier alpha value is -3.15. The molecular weight excluding hydrogens is 328 g/mol. The number of likely N-dealkylation sites (N-methyl/N-ethyl adjacent to an activating group) is 1. The number of fused-ring (bicyclic) bond motifs is 1. The van der Waals surface area contributed by atoms with E-state index in [1.165, 1.54) is 6.20 Å². The molecule has 0 radical (unpaired) electrons. The van der Waals surface area contributed by atoms with Crippen LogP contribution in [0.4, 0.5) is 5.69 Å². The summed E-state index contributed by atoms with van der Waals surface area (Å²) in [4.78, 5) is 28.2. The predicted molar refractivity (Wildman–Crippen MR) is 103 cm³/mol. The molecule has 2 aromatic carbocycles. The monoisotopic (exact) mass is 350 g/mol. The fraction of sp³-hybridized carbons (Fsp3) is 0.250. The van der Waals surface area contributed by atoms with Crippen molar-refractivity contribution in [2.45, 2.75) is 13.1 Å². The number of hydrogen-bond donors (Lipinski definition) is 0. The first-order valence-corrected chi connectivity index (χ1v) is 8.41. The van der Waals surface area contributed by atoms with Crippen molar-refractivity contribution in [3.8, 4) is 0 Å². The smallest absolute Gasteiger partial charge is 0.244 e. The molecule has 0 saturated heterocycles. The zero-order valence-corrected chi connectivity index (χ0v) is 15.2. The van der Waals surface area contributed by atoms with E-state index < -0.39 is 0 Å². The second kappa shape index (κ2) is 7.39. The maximum Gasteiger partial charge on any atom is 0.244 e. The van der Waals surface area contributed by atoms with Gasteiger partial charge in [-0.2, -0.15) is 5.10 Å². The fourth-order valence-corrected chi connectivity index (χ4v) is 2.80. The summed E-state index contributed by atoms with van der Waals surface area (Å²) >= 11 is 0. The van der Waals surface area contributed by atoms with Crippen LogP contribution in [0.15, 0.2) is 59.5 Å². The molecule has 0 bridgehead atoms. The summed E-state index contributed by atoms with van der Waals surface area (Å²) in [5.74, 6) is -0.0667. The number of rotatable bonds is 5. The maximum atomic E-state index is 12.6. The lowest BCUT2D eigenvalue weighted by atomic mass is 10.2. The van der Waals surface area contributed by atoms with Gasteiger partial charge in [0.2, 0.25) is 11.3 Å². The molecule has 0 N–H and O–H groups in total. The summed E-state index contributed by atoms with van der Waals surface area (Å²) < 4.78 is 1.57. The van der Waals surface area contributed by atoms with Crippen molar-refractivity contribution in [2.24, 2.45) is 0 Å². The van der Waals surface area contributed by atoms with E-state index >= 15 is 0 Å². The van der Waals surface area contributed by atoms with Gasteiger partial charge in [0, 0.05) is 38.8 Å². The number of hydrogen-bond acceptors (Lipinski definition) is 4. The van der Waals surface area contributed by atoms with Crippen LogP contribution < -0.4 is 10.3 Å². The van der Waals surface area contributed by atoms with E-state index in [4.69, 9.17) is 0 Å². The molecule has 6 nitrogen and oxygen atoms in total. The standard InChI is InChI=1S/C20H22N4O2/c1-22(2)16-10-8-15(9-11-16)13-23(3)20(26)14-24-18-7-5-4-6-17(18)19(25)12-21-24/h4-12H,13-14H2,1-3H3. The highest BCUT2D eigenvalue weighted by molar-refractivity contribution is 5.81. The highest BCUT2D eigenvalue weighted by Gasteiger charge is 2.12. The van der Waals surface area contributed by atoms with E-state index in [0.717, 1.165) is 11.3 Å². The van der Waals surface area contributed by atoms with Crippen LogP contribution in [-0.4, -0.2) is 41.7 Å². The summed E-state index contributed by atoms with van der Waals surface area (Å²) in [6, 6.07) is 15.3. The predicted octanol–water partition coefficient (Wildman–Crippen LogP) is 2.12. The van der Waals surface area contributed by atoms with Crippen LogP contribution in [0.3, 0.4) is 0 Å². The molecular formula is C20H22N4O2. The number of nitrogens with zero attached hydrogens (tertiary/aromatic N) is 4. The highest BCUT2D eigenvalue weighted by Crippen LogP contribution is 2.14. The van der Waals surface area contributed by atoms with Gasteiger partial charge >= 0.3 is 0 Å². The quantitative estimate of drug-likeness (QED) is 0.707. The lowest BCUT2D eigenvalue weighted by Gasteiger charge is -2.19. The van der Waals surface area contributed by atoms with Gasteiger partial charge in [0.25, 0.3) is 0 Å². The Kier molecular flexibility index (Phi) is 5.02. The molecule has 0 spiro atoms. The van der Waals surface area contributed by atoms with E-state index in [0.29, 0.717) is 17.4 Å². The number of anilines is 1. The van der Waals surface area contributed by atoms with Gasteiger partial charge in [-0.3, -0.25) is 14.3 Å². The molecule has 1 heterocycles. The molecule has 134 valence electrons. The third-order valence-corrected chi connectivity index (χ3v) is 4.35. The minimum absolute atomic E-state index is 0.0667. The molecule has 0 atom stereocenters. The topological polar surface area (TPSA) is 58.4 Å². The van der Waals surface area contributed by atoms with Gasteiger partial charge in [-0.1, -0.05) is 24.3 Å². The first-order chi connectivity index (χ1) is 12.5. The number of benzene rings is 2. The van der Waals surface area contributed by atoms with Crippen LogP contribution >= 0.6 is 0 Å². The number of carbonyl (C=O) groups excluding carboxylic acids is 1. The highest BCUT2D eigenvalue weighted by atomic mass is 16.2. The van der Waals surface area contributed by atoms with Crippen LogP contribution in [0.2, 0.25) is 0 Å². The Morgan fingerprint density at radius 3 is 2.42 bits per heavy atom. The molecule has 6 heteroatoms. The van der Waals surface area contributed by atoms with Gasteiger partial charge in [-0.05, 0) is 29.8 Å². The largest absolute Gasteiger partial charge is 0.378 e. The summed E-state index contributed by atoms with van der Waals surface area (Å²) in [7, 11) is 5.76. The number of para-hydroxylation sites is 1. The van der Waals surface area contributed by atoms with Gasteiger partial charge in [0.05, 0.1) is 11.7 Å². The maximum absolute atomic E-state index is 12.6. The summed E-state index contributed by atoms with van der Waals surface area (Å²) in [6.07, 6.45) is 1.26. The first-order valence-electron chi connectivity index (χ1n) is 8.41. The SMILES string of the molecule is CN(Cc1ccc(N(C)C)cc1)C(=O)Cn1ncc(=O)c2ccccc21. The Labute approximate surface area is 152 Å². The fourth-order valence-electron chi connectivity index (χ4n) is 2.80. The molecule has 3 rings (SSSR count). The van der Waals surface area contributed by atoms with Crippen molar-refractivity contribution < 1.29 is 4.79 Å². The zero-order valence-electron chi connectivity index (χ0n) is 15.2. The van der Waals surface area contributed by atoms with Crippen LogP contribution in [0, 0.1) is 0 Å². The average molecular weight is 350 g/mol. The molecule has 1 aromatic heterocycles. The first kappa shape index (κ1) is 17.7. The van der Waals surface area contributed by atoms with E-state index in [-0.39, 0.29) is 17.9 Å². The molecule has 0 aliphatic carbocycles. The van der Waals surface area contributed by atoms with Crippen LogP contribution in [0.25, 0.3) is 10.9 Å². The van der Waals surface area contributed by atoms with Gasteiger partial charge in [-0.25, -0.2) is 0 Å². The van der Waals surface area contributed by atoms with Gasteiger partial charge < -0.3 is 9.80 Å². The normalized spacial score (nSPS) is 10.7. The van der Waals surface area contributed by atoms with E-state index in [9.17, 15) is 9.59 Å². The van der Waals surface area contributed by atoms with Gasteiger partial charge in [-0.15, -0.1) is 0 Å². The van der Waals surface area contributed by atoms with Crippen molar-refractivity contribution in [3.05, 3.63) is 70.5 Å². The van der Waals surface area contributed by atoms with Crippen molar-refractivity contribution in [2.75, 3.05) is 26.0 Å². The van der Waals surface area contributed by atoms with E-state index in [2.05, 4.69) is 5.10 Å². The van der Waals surface area contributed by atoms with E-state index in [1.54, 1.807) is 34.8 Å². The van der Waals surface area contributed by atoms with Crippen LogP contribution in [0.5, 0.6) is 0 Å². The lowest BCUT2D eigenvalue weighted by Crippen LogP contribution is -2.31. The summed E-state index contributed by atoms with van der Waals surface area (Å²) in [5, 5.41) is 4.68. The summed E-state index contributed by atoms with van der Waals surface area (Å²) in [6.45, 7) is 0.609. The molecule has 0 unspecified atom stereocenters. The van der Waals surface area contributed by atoms with Crippen molar-refractivity contribution in [1.29, 1.82) is 0 Å². The molecule has 0 aliphatic heterocycles. The Morgan fingerprint density at radius 1 is 1.04 bits per heavy atom.